The van der Waals surface area contributed by atoms with Crippen LogP contribution in [0.4, 0.5) is 8.78 Å². The van der Waals surface area contributed by atoms with Crippen molar-refractivity contribution < 1.29 is 8.78 Å². The zero-order chi connectivity index (χ0) is 10.8. The minimum atomic E-state index is -0.529. The molecule has 0 amide bonds. The van der Waals surface area contributed by atoms with Crippen LogP contribution in [0.3, 0.4) is 0 Å². The average molecular weight is 224 g/mol. The van der Waals surface area contributed by atoms with Gasteiger partial charge in [-0.3, -0.25) is 0 Å². The summed E-state index contributed by atoms with van der Waals surface area (Å²) in [6.07, 6.45) is 0.532. The molecule has 0 nitrogen and oxygen atoms in total. The number of hydrogen-bond acceptors (Lipinski definition) is 1. The van der Waals surface area contributed by atoms with E-state index in [0.29, 0.717) is 12.0 Å². The molecule has 0 spiro atoms. The first-order valence-corrected chi connectivity index (χ1v) is 5.46. The third-order valence-corrected chi connectivity index (χ3v) is 3.18. The van der Waals surface area contributed by atoms with E-state index in [0.717, 1.165) is 10.9 Å². The predicted molar refractivity (Wildman–Crippen MR) is 58.2 cm³/mol. The van der Waals surface area contributed by atoms with Gasteiger partial charge >= 0.3 is 0 Å². The average Bonchev–Trinajstić information content (AvgIpc) is 2.56. The van der Waals surface area contributed by atoms with Crippen molar-refractivity contribution in [3.05, 3.63) is 57.3 Å². The number of rotatable bonds is 2. The van der Waals surface area contributed by atoms with Crippen molar-refractivity contribution in [1.29, 1.82) is 0 Å². The SMILES string of the molecule is Cc1ccc(Cc2ccc(F)cc2F)s1. The molecule has 15 heavy (non-hydrogen) atoms. The first kappa shape index (κ1) is 10.3. The van der Waals surface area contributed by atoms with Gasteiger partial charge in [0.05, 0.1) is 0 Å². The van der Waals surface area contributed by atoms with E-state index in [4.69, 9.17) is 0 Å². The Balaban J connectivity index is 2.24. The lowest BCUT2D eigenvalue weighted by Crippen LogP contribution is -1.91. The van der Waals surface area contributed by atoms with Crippen molar-refractivity contribution >= 4 is 11.3 Å². The molecule has 1 heterocycles. The molecule has 2 rings (SSSR count). The summed E-state index contributed by atoms with van der Waals surface area (Å²) in [5.41, 5.74) is 0.540. The largest absolute Gasteiger partial charge is 0.207 e. The Labute approximate surface area is 91.2 Å². The van der Waals surface area contributed by atoms with Gasteiger partial charge in [0, 0.05) is 22.2 Å². The quantitative estimate of drug-likeness (QED) is 0.725. The molecule has 0 unspecified atom stereocenters. The molecule has 0 fully saturated rings. The van der Waals surface area contributed by atoms with Crippen LogP contribution in [-0.2, 0) is 6.42 Å². The zero-order valence-corrected chi connectivity index (χ0v) is 9.07. The maximum atomic E-state index is 13.3. The number of aryl methyl sites for hydroxylation is 1. The Kier molecular flexibility index (Phi) is 2.82. The Morgan fingerprint density at radius 3 is 2.53 bits per heavy atom. The van der Waals surface area contributed by atoms with Crippen LogP contribution in [0.1, 0.15) is 15.3 Å². The van der Waals surface area contributed by atoms with Crippen LogP contribution in [0.5, 0.6) is 0 Å². The van der Waals surface area contributed by atoms with Crippen LogP contribution in [0, 0.1) is 18.6 Å². The van der Waals surface area contributed by atoms with Crippen molar-refractivity contribution in [3.8, 4) is 0 Å². The summed E-state index contributed by atoms with van der Waals surface area (Å²) in [6.45, 7) is 2.01. The lowest BCUT2D eigenvalue weighted by molar-refractivity contribution is 0.575. The summed E-state index contributed by atoms with van der Waals surface area (Å²) in [4.78, 5) is 2.30. The highest BCUT2D eigenvalue weighted by atomic mass is 32.1. The van der Waals surface area contributed by atoms with Gasteiger partial charge in [0.15, 0.2) is 0 Å². The highest BCUT2D eigenvalue weighted by Crippen LogP contribution is 2.20. The Morgan fingerprint density at radius 2 is 1.93 bits per heavy atom. The Hall–Kier alpha value is -1.22. The van der Waals surface area contributed by atoms with Gasteiger partial charge in [0.2, 0.25) is 0 Å². The van der Waals surface area contributed by atoms with Gasteiger partial charge in [-0.15, -0.1) is 11.3 Å². The number of halogens is 2. The van der Waals surface area contributed by atoms with Crippen LogP contribution in [0.2, 0.25) is 0 Å². The molecule has 0 radical (unpaired) electrons. The van der Waals surface area contributed by atoms with Crippen LogP contribution < -0.4 is 0 Å². The molecule has 0 N–H and O–H groups in total. The second-order valence-corrected chi connectivity index (χ2v) is 4.80. The van der Waals surface area contributed by atoms with Crippen molar-refractivity contribution in [2.45, 2.75) is 13.3 Å². The van der Waals surface area contributed by atoms with Crippen LogP contribution >= 0.6 is 11.3 Å². The fourth-order valence-corrected chi connectivity index (χ4v) is 2.35. The summed E-state index contributed by atoms with van der Waals surface area (Å²) in [7, 11) is 0. The highest BCUT2D eigenvalue weighted by Gasteiger charge is 2.05. The molecule has 78 valence electrons. The summed E-state index contributed by atoms with van der Waals surface area (Å²) < 4.78 is 26.0. The van der Waals surface area contributed by atoms with Gasteiger partial charge < -0.3 is 0 Å². The molecule has 0 atom stereocenters. The molecular weight excluding hydrogens is 214 g/mol. The van der Waals surface area contributed by atoms with E-state index >= 15 is 0 Å². The number of thiophene rings is 1. The van der Waals surface area contributed by atoms with E-state index in [9.17, 15) is 8.78 Å². The van der Waals surface area contributed by atoms with Gasteiger partial charge in [-0.25, -0.2) is 8.78 Å². The van der Waals surface area contributed by atoms with Gasteiger partial charge in [-0.1, -0.05) is 6.07 Å². The lowest BCUT2D eigenvalue weighted by Gasteiger charge is -2.00. The van der Waals surface area contributed by atoms with Gasteiger partial charge in [-0.05, 0) is 30.7 Å². The summed E-state index contributed by atoms with van der Waals surface area (Å²) >= 11 is 1.64. The maximum Gasteiger partial charge on any atom is 0.129 e. The second kappa shape index (κ2) is 4.11. The van der Waals surface area contributed by atoms with E-state index in [-0.39, 0.29) is 0 Å². The molecule has 1 aromatic carbocycles. The summed E-state index contributed by atoms with van der Waals surface area (Å²) in [6, 6.07) is 7.69. The Morgan fingerprint density at radius 1 is 1.13 bits per heavy atom. The monoisotopic (exact) mass is 224 g/mol. The van der Waals surface area contributed by atoms with Crippen LogP contribution in [0.25, 0.3) is 0 Å². The van der Waals surface area contributed by atoms with Crippen molar-refractivity contribution in [2.75, 3.05) is 0 Å². The Bertz CT molecular complexity index is 474. The molecule has 0 aliphatic heterocycles. The normalized spacial score (nSPS) is 10.6. The van der Waals surface area contributed by atoms with Crippen molar-refractivity contribution in [2.24, 2.45) is 0 Å². The maximum absolute atomic E-state index is 13.3. The molecule has 0 bridgehead atoms. The molecular formula is C12H10F2S. The van der Waals surface area contributed by atoms with E-state index in [2.05, 4.69) is 0 Å². The first-order valence-electron chi connectivity index (χ1n) is 4.64. The molecule has 0 saturated heterocycles. The molecule has 0 aliphatic carbocycles. The van der Waals surface area contributed by atoms with E-state index in [1.54, 1.807) is 11.3 Å². The number of hydrogen-bond donors (Lipinski definition) is 0. The second-order valence-electron chi connectivity index (χ2n) is 3.42. The van der Waals surface area contributed by atoms with Gasteiger partial charge in [0.25, 0.3) is 0 Å². The third-order valence-electron chi connectivity index (χ3n) is 2.18. The lowest BCUT2D eigenvalue weighted by atomic mass is 10.1. The van der Waals surface area contributed by atoms with Crippen LogP contribution in [0.15, 0.2) is 30.3 Å². The summed E-state index contributed by atoms with van der Waals surface area (Å²) in [5, 5.41) is 0. The first-order chi connectivity index (χ1) is 7.15. The molecule has 2 aromatic rings. The highest BCUT2D eigenvalue weighted by molar-refractivity contribution is 7.11. The minimum Gasteiger partial charge on any atom is -0.207 e. The van der Waals surface area contributed by atoms with Crippen molar-refractivity contribution in [3.63, 3.8) is 0 Å². The molecule has 0 aliphatic rings. The third kappa shape index (κ3) is 2.42. The van der Waals surface area contributed by atoms with E-state index < -0.39 is 11.6 Å². The minimum absolute atomic E-state index is 0.471. The smallest absolute Gasteiger partial charge is 0.129 e. The van der Waals surface area contributed by atoms with Gasteiger partial charge in [0.1, 0.15) is 11.6 Å². The molecule has 3 heteroatoms. The predicted octanol–water partition coefficient (Wildman–Crippen LogP) is 3.93. The molecule has 1 aromatic heterocycles. The van der Waals surface area contributed by atoms with Crippen LogP contribution in [-0.4, -0.2) is 0 Å². The van der Waals surface area contributed by atoms with Gasteiger partial charge in [-0.2, -0.15) is 0 Å². The fourth-order valence-electron chi connectivity index (χ4n) is 1.43. The fraction of sp³-hybridized carbons (Fsp3) is 0.167. The topological polar surface area (TPSA) is 0 Å². The summed E-state index contributed by atoms with van der Waals surface area (Å²) in [5.74, 6) is -1.00. The van der Waals surface area contributed by atoms with E-state index in [1.165, 1.54) is 17.0 Å². The standard InChI is InChI=1S/C12H10F2S/c1-8-2-5-11(15-8)6-9-3-4-10(13)7-12(9)14/h2-5,7H,6H2,1H3. The number of benzene rings is 1. The van der Waals surface area contributed by atoms with E-state index in [1.807, 2.05) is 19.1 Å². The zero-order valence-electron chi connectivity index (χ0n) is 8.26. The molecule has 0 saturated carbocycles. The van der Waals surface area contributed by atoms with Crippen molar-refractivity contribution in [1.82, 2.24) is 0 Å².